The summed E-state index contributed by atoms with van der Waals surface area (Å²) in [5.41, 5.74) is 3.54. The number of likely N-dealkylation sites (tertiary alicyclic amines) is 1. The molecule has 0 spiro atoms. The van der Waals surface area contributed by atoms with Crippen molar-refractivity contribution < 1.29 is 4.79 Å². The smallest absolute Gasteiger partial charge is 0.253 e. The standard InChI is InChI=1S/C22H26N2O/c1-23(22(25)20-11-9-19(10-12-20)18-7-8-18)21-13-14-24(16-21)15-17-5-3-2-4-6-17/h2-6,9-12,18,21H,7-8,13-16H2,1H3. The van der Waals surface area contributed by atoms with E-state index in [9.17, 15) is 4.79 Å². The van der Waals surface area contributed by atoms with Crippen molar-refractivity contribution in [1.29, 1.82) is 0 Å². The van der Waals surface area contributed by atoms with Gasteiger partial charge in [0.1, 0.15) is 0 Å². The first kappa shape index (κ1) is 16.3. The molecule has 2 fully saturated rings. The fraction of sp³-hybridized carbons (Fsp3) is 0.409. The first-order valence-electron chi connectivity index (χ1n) is 9.34. The fourth-order valence-corrected chi connectivity index (χ4v) is 3.80. The summed E-state index contributed by atoms with van der Waals surface area (Å²) in [4.78, 5) is 17.2. The molecule has 1 saturated carbocycles. The molecular formula is C22H26N2O. The minimum Gasteiger partial charge on any atom is -0.337 e. The Bertz CT molecular complexity index is 721. The van der Waals surface area contributed by atoms with Gasteiger partial charge in [0, 0.05) is 38.3 Å². The van der Waals surface area contributed by atoms with Gasteiger partial charge in [0.2, 0.25) is 0 Å². The summed E-state index contributed by atoms with van der Waals surface area (Å²) in [6.07, 6.45) is 3.65. The summed E-state index contributed by atoms with van der Waals surface area (Å²) in [6.45, 7) is 2.98. The number of likely N-dealkylation sites (N-methyl/N-ethyl adjacent to an activating group) is 1. The van der Waals surface area contributed by atoms with Gasteiger partial charge in [-0.15, -0.1) is 0 Å². The van der Waals surface area contributed by atoms with Gasteiger partial charge in [-0.05, 0) is 48.4 Å². The lowest BCUT2D eigenvalue weighted by Gasteiger charge is -2.25. The van der Waals surface area contributed by atoms with Gasteiger partial charge in [0.15, 0.2) is 0 Å². The van der Waals surface area contributed by atoms with Crippen molar-refractivity contribution in [3.63, 3.8) is 0 Å². The summed E-state index contributed by atoms with van der Waals surface area (Å²) < 4.78 is 0. The van der Waals surface area contributed by atoms with Crippen LogP contribution in [0.15, 0.2) is 54.6 Å². The van der Waals surface area contributed by atoms with E-state index in [1.165, 1.54) is 24.0 Å². The predicted octanol–water partition coefficient (Wildman–Crippen LogP) is 3.91. The molecule has 1 aliphatic carbocycles. The van der Waals surface area contributed by atoms with E-state index < -0.39 is 0 Å². The summed E-state index contributed by atoms with van der Waals surface area (Å²) in [6, 6.07) is 19.1. The number of hydrogen-bond acceptors (Lipinski definition) is 2. The highest BCUT2D eigenvalue weighted by Gasteiger charge is 2.29. The zero-order valence-corrected chi connectivity index (χ0v) is 14.9. The van der Waals surface area contributed by atoms with Gasteiger partial charge in [-0.25, -0.2) is 0 Å². The van der Waals surface area contributed by atoms with Crippen LogP contribution in [0, 0.1) is 0 Å². The molecular weight excluding hydrogens is 308 g/mol. The molecule has 25 heavy (non-hydrogen) atoms. The maximum atomic E-state index is 12.8. The molecule has 1 unspecified atom stereocenters. The second kappa shape index (κ2) is 7.01. The summed E-state index contributed by atoms with van der Waals surface area (Å²) in [5, 5.41) is 0. The Morgan fingerprint density at radius 2 is 1.76 bits per heavy atom. The number of amides is 1. The monoisotopic (exact) mass is 334 g/mol. The minimum atomic E-state index is 0.147. The predicted molar refractivity (Wildman–Crippen MR) is 101 cm³/mol. The second-order valence-corrected chi connectivity index (χ2v) is 7.48. The maximum Gasteiger partial charge on any atom is 0.253 e. The third kappa shape index (κ3) is 3.77. The molecule has 3 nitrogen and oxygen atoms in total. The molecule has 2 aromatic carbocycles. The topological polar surface area (TPSA) is 23.6 Å². The zero-order valence-electron chi connectivity index (χ0n) is 14.9. The average molecular weight is 334 g/mol. The van der Waals surface area contributed by atoms with E-state index in [0.717, 1.165) is 37.5 Å². The third-order valence-electron chi connectivity index (χ3n) is 5.57. The third-order valence-corrected chi connectivity index (χ3v) is 5.57. The SMILES string of the molecule is CN(C(=O)c1ccc(C2CC2)cc1)C1CCN(Cc2ccccc2)C1. The van der Waals surface area contributed by atoms with Crippen molar-refractivity contribution in [1.82, 2.24) is 9.80 Å². The molecule has 130 valence electrons. The van der Waals surface area contributed by atoms with E-state index in [0.29, 0.717) is 6.04 Å². The fourth-order valence-electron chi connectivity index (χ4n) is 3.80. The second-order valence-electron chi connectivity index (χ2n) is 7.48. The Balaban J connectivity index is 1.35. The number of nitrogens with zero attached hydrogens (tertiary/aromatic N) is 2. The van der Waals surface area contributed by atoms with Crippen molar-refractivity contribution in [2.24, 2.45) is 0 Å². The molecule has 1 heterocycles. The van der Waals surface area contributed by atoms with Crippen LogP contribution < -0.4 is 0 Å². The molecule has 1 atom stereocenters. The summed E-state index contributed by atoms with van der Waals surface area (Å²) >= 11 is 0. The largest absolute Gasteiger partial charge is 0.337 e. The van der Waals surface area contributed by atoms with Crippen LogP contribution in [0.3, 0.4) is 0 Å². The molecule has 2 aliphatic rings. The van der Waals surface area contributed by atoms with Gasteiger partial charge < -0.3 is 4.90 Å². The van der Waals surface area contributed by atoms with Gasteiger partial charge in [0.05, 0.1) is 0 Å². The van der Waals surface area contributed by atoms with E-state index in [1.807, 2.05) is 24.1 Å². The Morgan fingerprint density at radius 1 is 1.04 bits per heavy atom. The molecule has 1 aliphatic heterocycles. The Hall–Kier alpha value is -2.13. The van der Waals surface area contributed by atoms with E-state index in [4.69, 9.17) is 0 Å². The first-order valence-corrected chi connectivity index (χ1v) is 9.34. The van der Waals surface area contributed by atoms with Crippen LogP contribution in [0.1, 0.15) is 46.7 Å². The summed E-state index contributed by atoms with van der Waals surface area (Å²) in [7, 11) is 1.95. The first-order chi connectivity index (χ1) is 12.2. The maximum absolute atomic E-state index is 12.8. The Labute approximate surface area is 150 Å². The van der Waals surface area contributed by atoms with Crippen LogP contribution in [0.4, 0.5) is 0 Å². The number of carbonyl (C=O) groups excluding carboxylic acids is 1. The highest BCUT2D eigenvalue weighted by atomic mass is 16.2. The quantitative estimate of drug-likeness (QED) is 0.828. The molecule has 0 aromatic heterocycles. The highest BCUT2D eigenvalue weighted by molar-refractivity contribution is 5.94. The Morgan fingerprint density at radius 3 is 2.44 bits per heavy atom. The number of benzene rings is 2. The summed E-state index contributed by atoms with van der Waals surface area (Å²) in [5.74, 6) is 0.886. The molecule has 0 N–H and O–H groups in total. The zero-order chi connectivity index (χ0) is 17.2. The van der Waals surface area contributed by atoms with Gasteiger partial charge >= 0.3 is 0 Å². The van der Waals surface area contributed by atoms with E-state index >= 15 is 0 Å². The Kier molecular flexibility index (Phi) is 4.58. The van der Waals surface area contributed by atoms with Crippen LogP contribution in [0.2, 0.25) is 0 Å². The number of carbonyl (C=O) groups is 1. The lowest BCUT2D eigenvalue weighted by atomic mass is 10.1. The minimum absolute atomic E-state index is 0.147. The normalized spacial score (nSPS) is 20.6. The van der Waals surface area contributed by atoms with Crippen molar-refractivity contribution in [2.45, 2.75) is 37.8 Å². The molecule has 2 aromatic rings. The van der Waals surface area contributed by atoms with Gasteiger partial charge in [0.25, 0.3) is 5.91 Å². The van der Waals surface area contributed by atoms with Crippen molar-refractivity contribution in [3.8, 4) is 0 Å². The average Bonchev–Trinajstić information content (AvgIpc) is 3.41. The van der Waals surface area contributed by atoms with Crippen LogP contribution in [-0.4, -0.2) is 41.9 Å². The van der Waals surface area contributed by atoms with Crippen LogP contribution in [0.25, 0.3) is 0 Å². The molecule has 1 amide bonds. The lowest BCUT2D eigenvalue weighted by Crippen LogP contribution is -2.38. The number of hydrogen-bond donors (Lipinski definition) is 0. The van der Waals surface area contributed by atoms with Gasteiger partial charge in [-0.1, -0.05) is 42.5 Å². The van der Waals surface area contributed by atoms with Crippen LogP contribution in [-0.2, 0) is 6.54 Å². The van der Waals surface area contributed by atoms with Gasteiger partial charge in [-0.3, -0.25) is 9.69 Å². The molecule has 0 bridgehead atoms. The molecule has 4 rings (SSSR count). The van der Waals surface area contributed by atoms with E-state index in [-0.39, 0.29) is 5.91 Å². The lowest BCUT2D eigenvalue weighted by molar-refractivity contribution is 0.0735. The van der Waals surface area contributed by atoms with E-state index in [2.05, 4.69) is 47.4 Å². The van der Waals surface area contributed by atoms with Crippen LogP contribution in [0.5, 0.6) is 0 Å². The molecule has 0 radical (unpaired) electrons. The van der Waals surface area contributed by atoms with Crippen molar-refractivity contribution in [2.75, 3.05) is 20.1 Å². The van der Waals surface area contributed by atoms with Crippen molar-refractivity contribution in [3.05, 3.63) is 71.3 Å². The molecule has 1 saturated heterocycles. The highest BCUT2D eigenvalue weighted by Crippen LogP contribution is 2.39. The molecule has 3 heteroatoms. The van der Waals surface area contributed by atoms with Gasteiger partial charge in [-0.2, -0.15) is 0 Å². The van der Waals surface area contributed by atoms with Crippen molar-refractivity contribution >= 4 is 5.91 Å². The number of rotatable bonds is 5. The van der Waals surface area contributed by atoms with Crippen LogP contribution >= 0.6 is 0 Å². The van der Waals surface area contributed by atoms with E-state index in [1.54, 1.807) is 0 Å².